The second-order valence-electron chi connectivity index (χ2n) is 1.63. The molecule has 0 aliphatic heterocycles. The van der Waals surface area contributed by atoms with Crippen molar-refractivity contribution < 1.29 is 14.5 Å². The molecule has 0 aromatic rings. The number of thiol groups is 1. The fourth-order valence-electron chi connectivity index (χ4n) is 0.235. The van der Waals surface area contributed by atoms with Crippen molar-refractivity contribution in [2.24, 2.45) is 0 Å². The lowest BCUT2D eigenvalue weighted by atomic mass is 10.6. The first-order valence-electron chi connectivity index (χ1n) is 2.99. The Bertz CT molecular complexity index is 150. The molecule has 12 heavy (non-hydrogen) atoms. The summed E-state index contributed by atoms with van der Waals surface area (Å²) in [5.41, 5.74) is -3.11. The third-order valence-electron chi connectivity index (χ3n) is 0.471. The number of rotatable bonds is 4. The molecule has 0 atom stereocenters. The highest BCUT2D eigenvalue weighted by atomic mass is 32.9. The van der Waals surface area contributed by atoms with Crippen LogP contribution in [-0.2, 0) is 16.5 Å². The Hall–Kier alpha value is 0.360. The van der Waals surface area contributed by atoms with E-state index >= 15 is 0 Å². The highest BCUT2D eigenvalue weighted by molar-refractivity contribution is 8.59. The Kier molecular flexibility index (Phi) is 11.7. The lowest BCUT2D eigenvalue weighted by Crippen LogP contribution is -1.87. The lowest BCUT2D eigenvalue weighted by Gasteiger charge is -1.89. The van der Waals surface area contributed by atoms with Gasteiger partial charge in [0, 0.05) is 0 Å². The summed E-state index contributed by atoms with van der Waals surface area (Å²) < 4.78 is 4.90. The minimum Gasteiger partial charge on any atom is -0.373 e. The van der Waals surface area contributed by atoms with Crippen molar-refractivity contribution >= 4 is 29.7 Å². The maximum absolute atomic E-state index is 7.87. The van der Waals surface area contributed by atoms with Crippen molar-refractivity contribution in [1.82, 2.24) is 0 Å². The summed E-state index contributed by atoms with van der Waals surface area (Å²) in [6.07, 6.45) is 3.42. The van der Waals surface area contributed by atoms with E-state index in [9.17, 15) is 0 Å². The maximum Gasteiger partial charge on any atom is 0.239 e. The van der Waals surface area contributed by atoms with Crippen molar-refractivity contribution in [2.75, 3.05) is 13.2 Å². The summed E-state index contributed by atoms with van der Waals surface area (Å²) in [6.45, 7) is 8.18. The normalized spacial score (nSPS) is 9.58. The summed E-state index contributed by atoms with van der Waals surface area (Å²) in [5, 5.41) is 0. The third kappa shape index (κ3) is 47.7. The maximum atomic E-state index is 7.87. The van der Waals surface area contributed by atoms with Gasteiger partial charge in [-0.1, -0.05) is 24.4 Å². The van der Waals surface area contributed by atoms with Crippen molar-refractivity contribution in [1.29, 1.82) is 0 Å². The highest BCUT2D eigenvalue weighted by Gasteiger charge is 1.90. The fourth-order valence-corrected chi connectivity index (χ4v) is 0.235. The van der Waals surface area contributed by atoms with E-state index in [0.29, 0.717) is 13.2 Å². The Morgan fingerprint density at radius 1 is 1.33 bits per heavy atom. The Labute approximate surface area is 83.1 Å². The van der Waals surface area contributed by atoms with E-state index in [-0.39, 0.29) is 0 Å². The van der Waals surface area contributed by atoms with Gasteiger partial charge < -0.3 is 14.5 Å². The summed E-state index contributed by atoms with van der Waals surface area (Å²) in [4.78, 5) is 15.7. The quantitative estimate of drug-likeness (QED) is 0.295. The van der Waals surface area contributed by atoms with Crippen LogP contribution >= 0.6 is 17.9 Å². The molecular formula is C6H13O3PS2. The zero-order chi connectivity index (χ0) is 10.0. The van der Waals surface area contributed by atoms with E-state index < -0.39 is 5.69 Å². The minimum absolute atomic E-state index is 0.617. The first-order valence-corrected chi connectivity index (χ1v) is 6.85. The average molecular weight is 228 g/mol. The van der Waals surface area contributed by atoms with E-state index in [1.165, 1.54) is 0 Å². The van der Waals surface area contributed by atoms with Gasteiger partial charge in [-0.25, -0.2) is 0 Å². The molecule has 0 aliphatic carbocycles. The lowest BCUT2D eigenvalue weighted by molar-refractivity contribution is 0.194. The fraction of sp³-hybridized carbons (Fsp3) is 0.333. The molecule has 6 heteroatoms. The second kappa shape index (κ2) is 9.45. The van der Waals surface area contributed by atoms with Gasteiger partial charge in [-0.05, 0) is 11.8 Å². The molecule has 72 valence electrons. The molecule has 0 fully saturated rings. The molecule has 0 radical (unpaired) electrons. The van der Waals surface area contributed by atoms with E-state index in [4.69, 9.17) is 14.5 Å². The number of hydrogen-bond acceptors (Lipinski definition) is 2. The van der Waals surface area contributed by atoms with Gasteiger partial charge >= 0.3 is 0 Å². The molecule has 0 bridgehead atoms. The second-order valence-corrected chi connectivity index (χ2v) is 6.67. The Morgan fingerprint density at radius 2 is 1.58 bits per heavy atom. The zero-order valence-electron chi connectivity index (χ0n) is 6.59. The standard InChI is InChI=1S/C6H10O.H3O2PS2/c1-3-5-7-6-4-2;1-3(2,4)5/h3-4H,1-2,5-6H2;(H3,1,2,4,5). The van der Waals surface area contributed by atoms with Crippen molar-refractivity contribution in [3.05, 3.63) is 25.3 Å². The zero-order valence-corrected chi connectivity index (χ0v) is 9.19. The van der Waals surface area contributed by atoms with E-state index in [0.717, 1.165) is 0 Å². The van der Waals surface area contributed by atoms with Crippen LogP contribution in [0.15, 0.2) is 25.3 Å². The molecule has 0 aromatic carbocycles. The molecule has 2 N–H and O–H groups in total. The van der Waals surface area contributed by atoms with Gasteiger partial charge in [-0.15, -0.1) is 13.2 Å². The molecular weight excluding hydrogens is 215 g/mol. The van der Waals surface area contributed by atoms with Gasteiger partial charge in [0.05, 0.1) is 13.2 Å². The molecule has 3 nitrogen and oxygen atoms in total. The molecule has 0 aliphatic rings. The smallest absolute Gasteiger partial charge is 0.239 e. The molecule has 0 amide bonds. The largest absolute Gasteiger partial charge is 0.373 e. The third-order valence-corrected chi connectivity index (χ3v) is 0.471. The van der Waals surface area contributed by atoms with Crippen LogP contribution in [0.2, 0.25) is 0 Å². The van der Waals surface area contributed by atoms with Crippen molar-refractivity contribution in [2.45, 2.75) is 0 Å². The van der Waals surface area contributed by atoms with Crippen LogP contribution < -0.4 is 0 Å². The Morgan fingerprint density at radius 3 is 1.75 bits per heavy atom. The average Bonchev–Trinajstić information content (AvgIpc) is 1.85. The summed E-state index contributed by atoms with van der Waals surface area (Å²) >= 11 is 7.07. The van der Waals surface area contributed by atoms with Gasteiger partial charge in [0.1, 0.15) is 0 Å². The van der Waals surface area contributed by atoms with Crippen LogP contribution in [0.5, 0.6) is 0 Å². The van der Waals surface area contributed by atoms with Gasteiger partial charge in [0.2, 0.25) is 5.69 Å². The summed E-state index contributed by atoms with van der Waals surface area (Å²) in [6, 6.07) is 0. The van der Waals surface area contributed by atoms with Crippen molar-refractivity contribution in [3.8, 4) is 0 Å². The molecule has 0 spiro atoms. The van der Waals surface area contributed by atoms with Gasteiger partial charge in [-0.3, -0.25) is 0 Å². The van der Waals surface area contributed by atoms with Crippen LogP contribution in [0.1, 0.15) is 0 Å². The molecule has 0 aromatic heterocycles. The van der Waals surface area contributed by atoms with Gasteiger partial charge in [0.15, 0.2) is 0 Å². The van der Waals surface area contributed by atoms with Crippen LogP contribution in [0.4, 0.5) is 0 Å². The summed E-state index contributed by atoms with van der Waals surface area (Å²) in [5.74, 6) is 0. The number of ether oxygens (including phenoxy) is 1. The predicted molar refractivity (Wildman–Crippen MR) is 58.9 cm³/mol. The summed E-state index contributed by atoms with van der Waals surface area (Å²) in [7, 11) is 0. The SMILES string of the molecule is C=CCOCC=C.OP(O)(=S)S. The van der Waals surface area contributed by atoms with Crippen LogP contribution in [0.3, 0.4) is 0 Å². The molecule has 0 saturated carbocycles. The van der Waals surface area contributed by atoms with Crippen LogP contribution in [-0.4, -0.2) is 23.0 Å². The minimum atomic E-state index is -3.11. The number of hydrogen-bond donors (Lipinski definition) is 3. The van der Waals surface area contributed by atoms with E-state index in [2.05, 4.69) is 37.2 Å². The Balaban J connectivity index is 0. The van der Waals surface area contributed by atoms with Gasteiger partial charge in [0.25, 0.3) is 0 Å². The highest BCUT2D eigenvalue weighted by Crippen LogP contribution is 2.39. The molecule has 0 saturated heterocycles. The van der Waals surface area contributed by atoms with E-state index in [1.807, 2.05) is 0 Å². The molecule has 0 heterocycles. The monoisotopic (exact) mass is 228 g/mol. The molecule has 0 unspecified atom stereocenters. The molecule has 0 rings (SSSR count). The van der Waals surface area contributed by atoms with E-state index in [1.54, 1.807) is 12.2 Å². The van der Waals surface area contributed by atoms with Crippen LogP contribution in [0.25, 0.3) is 0 Å². The van der Waals surface area contributed by atoms with Crippen LogP contribution in [0, 0.1) is 0 Å². The van der Waals surface area contributed by atoms with Crippen molar-refractivity contribution in [3.63, 3.8) is 0 Å². The predicted octanol–water partition coefficient (Wildman–Crippen LogP) is 1.50. The first-order chi connectivity index (χ1) is 5.41. The topological polar surface area (TPSA) is 49.7 Å². The van der Waals surface area contributed by atoms with Gasteiger partial charge in [-0.2, -0.15) is 0 Å². The first kappa shape index (κ1) is 14.9.